The number of nitrogens with one attached hydrogen (secondary N) is 1. The molecule has 1 fully saturated rings. The SMILES string of the molecule is C=CCOCCCCCCOc1ccc(C(=O)Oc2ccc(OC(=O)C3CCC(CCCC)CC3)cc2C=NNc2nc3ccccc3s2)cc1. The molecular weight excluding hydrogens is 663 g/mol. The van der Waals surface area contributed by atoms with Crippen LogP contribution in [0.1, 0.15) is 93.5 Å². The summed E-state index contributed by atoms with van der Waals surface area (Å²) in [5.74, 6) is 1.18. The van der Waals surface area contributed by atoms with Crippen molar-refractivity contribution in [1.29, 1.82) is 0 Å². The monoisotopic (exact) mass is 711 g/mol. The minimum atomic E-state index is -0.529. The van der Waals surface area contributed by atoms with Crippen LogP contribution in [0.5, 0.6) is 17.2 Å². The zero-order chi connectivity index (χ0) is 35.7. The summed E-state index contributed by atoms with van der Waals surface area (Å²) in [6.07, 6.45) is 14.9. The van der Waals surface area contributed by atoms with Crippen LogP contribution in [0.2, 0.25) is 0 Å². The first-order valence-corrected chi connectivity index (χ1v) is 19.0. The maximum atomic E-state index is 13.2. The molecule has 1 aliphatic carbocycles. The van der Waals surface area contributed by atoms with Crippen LogP contribution in [0.15, 0.2) is 84.5 Å². The van der Waals surface area contributed by atoms with Crippen LogP contribution in [0.4, 0.5) is 5.13 Å². The van der Waals surface area contributed by atoms with Gasteiger partial charge in [-0.25, -0.2) is 9.78 Å². The molecule has 1 aromatic heterocycles. The van der Waals surface area contributed by atoms with Crippen LogP contribution >= 0.6 is 11.3 Å². The number of carbonyl (C=O) groups is 2. The molecule has 51 heavy (non-hydrogen) atoms. The van der Waals surface area contributed by atoms with Crippen molar-refractivity contribution in [2.45, 2.75) is 77.6 Å². The van der Waals surface area contributed by atoms with E-state index in [1.165, 1.54) is 36.8 Å². The Morgan fingerprint density at radius 3 is 2.45 bits per heavy atom. The van der Waals surface area contributed by atoms with Gasteiger partial charge >= 0.3 is 11.9 Å². The van der Waals surface area contributed by atoms with Gasteiger partial charge in [0.05, 0.1) is 41.1 Å². The van der Waals surface area contributed by atoms with Gasteiger partial charge in [-0.15, -0.1) is 6.58 Å². The Balaban J connectivity index is 1.19. The smallest absolute Gasteiger partial charge is 0.343 e. The highest BCUT2D eigenvalue weighted by molar-refractivity contribution is 7.22. The molecule has 0 unspecified atom stereocenters. The molecular formula is C41H49N3O6S. The highest BCUT2D eigenvalue weighted by Gasteiger charge is 2.27. The van der Waals surface area contributed by atoms with Crippen molar-refractivity contribution >= 4 is 44.8 Å². The van der Waals surface area contributed by atoms with Gasteiger partial charge in [-0.05, 0) is 105 Å². The molecule has 0 radical (unpaired) electrons. The molecule has 0 amide bonds. The Bertz CT molecular complexity index is 1700. The van der Waals surface area contributed by atoms with Crippen LogP contribution in [0.3, 0.4) is 0 Å². The van der Waals surface area contributed by atoms with Gasteiger partial charge < -0.3 is 18.9 Å². The number of aromatic nitrogens is 1. The molecule has 0 aliphatic heterocycles. The van der Waals surface area contributed by atoms with E-state index in [1.807, 2.05) is 24.3 Å². The van der Waals surface area contributed by atoms with Gasteiger partial charge in [-0.3, -0.25) is 10.2 Å². The number of esters is 2. The lowest BCUT2D eigenvalue weighted by molar-refractivity contribution is -0.140. The van der Waals surface area contributed by atoms with Crippen molar-refractivity contribution in [3.63, 3.8) is 0 Å². The number of rotatable bonds is 20. The van der Waals surface area contributed by atoms with E-state index in [0.29, 0.717) is 46.9 Å². The van der Waals surface area contributed by atoms with Crippen LogP contribution in [0.25, 0.3) is 10.2 Å². The van der Waals surface area contributed by atoms with Crippen LogP contribution in [-0.4, -0.2) is 43.0 Å². The summed E-state index contributed by atoms with van der Waals surface area (Å²) in [6.45, 7) is 7.80. The van der Waals surface area contributed by atoms with Crippen molar-refractivity contribution in [2.75, 3.05) is 25.2 Å². The molecule has 5 rings (SSSR count). The minimum absolute atomic E-state index is 0.113. The standard InChI is InChI=1S/C41H49N3O6S/c1-3-5-12-30-15-17-31(18-16-30)39(45)49-35-23-24-37(33(28-35)29-42-44-41-43-36-13-8-9-14-38(36)51-41)50-40(46)32-19-21-34(22-20-32)48-27-11-7-6-10-26-47-25-4-2/h4,8-9,13-14,19-24,28-31H,2-3,5-7,10-12,15-18,25-27H2,1H3,(H,43,44). The van der Waals surface area contributed by atoms with Gasteiger partial charge in [0.25, 0.3) is 0 Å². The number of hydrogen-bond donors (Lipinski definition) is 1. The Labute approximate surface area is 305 Å². The van der Waals surface area contributed by atoms with E-state index in [-0.39, 0.29) is 17.6 Å². The largest absolute Gasteiger partial charge is 0.494 e. The van der Waals surface area contributed by atoms with Crippen molar-refractivity contribution in [3.05, 3.63) is 90.5 Å². The number of hydrogen-bond acceptors (Lipinski definition) is 10. The maximum absolute atomic E-state index is 13.2. The van der Waals surface area contributed by atoms with Gasteiger partial charge in [-0.1, -0.05) is 62.2 Å². The molecule has 1 aliphatic rings. The first-order valence-electron chi connectivity index (χ1n) is 18.2. The first kappa shape index (κ1) is 37.7. The van der Waals surface area contributed by atoms with Crippen molar-refractivity contribution in [3.8, 4) is 17.2 Å². The second-order valence-corrected chi connectivity index (χ2v) is 13.9. The molecule has 4 aromatic rings. The number of unbranched alkanes of at least 4 members (excludes halogenated alkanes) is 4. The Morgan fingerprint density at radius 2 is 1.69 bits per heavy atom. The van der Waals surface area contributed by atoms with E-state index in [0.717, 1.165) is 68.2 Å². The molecule has 10 heteroatoms. The van der Waals surface area contributed by atoms with Gasteiger partial charge in [0.15, 0.2) is 0 Å². The number of carbonyl (C=O) groups excluding carboxylic acids is 2. The summed E-state index contributed by atoms with van der Waals surface area (Å²) in [6, 6.07) is 19.7. The predicted molar refractivity (Wildman–Crippen MR) is 204 cm³/mol. The van der Waals surface area contributed by atoms with Crippen molar-refractivity contribution in [2.24, 2.45) is 16.9 Å². The number of fused-ring (bicyclic) bond motifs is 1. The van der Waals surface area contributed by atoms with Gasteiger partial charge in [0.2, 0.25) is 5.13 Å². The molecule has 0 saturated heterocycles. The van der Waals surface area contributed by atoms with Gasteiger partial charge in [0.1, 0.15) is 17.2 Å². The summed E-state index contributed by atoms with van der Waals surface area (Å²) in [7, 11) is 0. The second-order valence-electron chi connectivity index (χ2n) is 12.9. The molecule has 0 atom stereocenters. The summed E-state index contributed by atoms with van der Waals surface area (Å²) < 4.78 is 24.0. The molecule has 270 valence electrons. The number of nitrogens with zero attached hydrogens (tertiary/aromatic N) is 2. The molecule has 1 heterocycles. The third-order valence-electron chi connectivity index (χ3n) is 8.98. The van der Waals surface area contributed by atoms with Gasteiger partial charge in [0, 0.05) is 12.2 Å². The van der Waals surface area contributed by atoms with E-state index in [9.17, 15) is 9.59 Å². The third kappa shape index (κ3) is 12.0. The lowest BCUT2D eigenvalue weighted by atomic mass is 9.80. The zero-order valence-electron chi connectivity index (χ0n) is 29.5. The molecule has 0 spiro atoms. The number of thiazole rings is 1. The van der Waals surface area contributed by atoms with Crippen LogP contribution < -0.4 is 19.6 Å². The number of anilines is 1. The zero-order valence-corrected chi connectivity index (χ0v) is 30.3. The molecule has 9 nitrogen and oxygen atoms in total. The summed E-state index contributed by atoms with van der Waals surface area (Å²) >= 11 is 1.48. The number of para-hydroxylation sites is 1. The van der Waals surface area contributed by atoms with E-state index < -0.39 is 5.97 Å². The fraction of sp³-hybridized carbons (Fsp3) is 0.415. The Kier molecular flexibility index (Phi) is 15.0. The molecule has 1 saturated carbocycles. The Morgan fingerprint density at radius 1 is 0.922 bits per heavy atom. The number of ether oxygens (including phenoxy) is 4. The number of benzene rings is 3. The topological polar surface area (TPSA) is 108 Å². The fourth-order valence-electron chi connectivity index (χ4n) is 6.10. The summed E-state index contributed by atoms with van der Waals surface area (Å²) in [4.78, 5) is 30.9. The maximum Gasteiger partial charge on any atom is 0.343 e. The summed E-state index contributed by atoms with van der Waals surface area (Å²) in [5.41, 5.74) is 4.70. The van der Waals surface area contributed by atoms with Crippen LogP contribution in [0, 0.1) is 11.8 Å². The lowest BCUT2D eigenvalue weighted by Gasteiger charge is -2.27. The fourth-order valence-corrected chi connectivity index (χ4v) is 6.92. The van der Waals surface area contributed by atoms with Gasteiger partial charge in [-0.2, -0.15) is 5.10 Å². The Hall–Kier alpha value is -4.54. The second kappa shape index (κ2) is 20.3. The average molecular weight is 712 g/mol. The highest BCUT2D eigenvalue weighted by Crippen LogP contribution is 2.33. The number of hydrazone groups is 1. The quantitative estimate of drug-likeness (QED) is 0.0241. The average Bonchev–Trinajstić information content (AvgIpc) is 3.57. The van der Waals surface area contributed by atoms with Crippen LogP contribution in [-0.2, 0) is 9.53 Å². The first-order chi connectivity index (χ1) is 25.0. The third-order valence-corrected chi connectivity index (χ3v) is 9.92. The van der Waals surface area contributed by atoms with Crippen molar-refractivity contribution < 1.29 is 28.5 Å². The van der Waals surface area contributed by atoms with Crippen molar-refractivity contribution in [1.82, 2.24) is 4.98 Å². The normalized spacial score (nSPS) is 15.9. The predicted octanol–water partition coefficient (Wildman–Crippen LogP) is 10.0. The molecule has 1 N–H and O–H groups in total. The minimum Gasteiger partial charge on any atom is -0.494 e. The highest BCUT2D eigenvalue weighted by atomic mass is 32.1. The molecule has 3 aromatic carbocycles. The summed E-state index contributed by atoms with van der Waals surface area (Å²) in [5, 5.41) is 5.01. The van der Waals surface area contributed by atoms with E-state index in [1.54, 1.807) is 48.5 Å². The lowest BCUT2D eigenvalue weighted by Crippen LogP contribution is -2.25. The van der Waals surface area contributed by atoms with E-state index in [2.05, 4.69) is 29.0 Å². The molecule has 0 bridgehead atoms. The van der Waals surface area contributed by atoms with E-state index >= 15 is 0 Å². The van der Waals surface area contributed by atoms with E-state index in [4.69, 9.17) is 18.9 Å².